The second-order valence-electron chi connectivity index (χ2n) is 8.65. The fourth-order valence-electron chi connectivity index (χ4n) is 4.27. The number of carbonyl (C=O) groups excluding carboxylic acids is 2. The number of anilines is 1. The highest BCUT2D eigenvalue weighted by molar-refractivity contribution is 8.16. The molecule has 1 fully saturated rings. The van der Waals surface area contributed by atoms with Gasteiger partial charge < -0.3 is 16.0 Å². The third-order valence-electron chi connectivity index (χ3n) is 6.16. The smallest absolute Gasteiger partial charge is 0.257 e. The molecule has 1 aliphatic rings. The summed E-state index contributed by atoms with van der Waals surface area (Å²) in [5.74, 6) is 0.198. The lowest BCUT2D eigenvalue weighted by Gasteiger charge is -2.31. The Balaban J connectivity index is 1.31. The maximum atomic E-state index is 11.9. The molecule has 0 radical (unpaired) electrons. The van der Waals surface area contributed by atoms with Gasteiger partial charge in [0.15, 0.2) is 5.62 Å². The zero-order valence-corrected chi connectivity index (χ0v) is 21.9. The standard InChI is InChI=1S/C26H30N6O2S2/c1-17(22-4-3-5-23(32-22)18-11-13-35-15-18)29-19-6-8-20(9-7-19)30-26-28-12-10-21(31-26)14-24(36-16-33)25(34)27-2/h3-5,10-17,19-20,29H,6-9H2,1-2H3,(H,27,34)(H,28,30,31)/b24-14-. The summed E-state index contributed by atoms with van der Waals surface area (Å²) in [6, 6.07) is 10.9. The number of pyridine rings is 1. The van der Waals surface area contributed by atoms with Crippen molar-refractivity contribution in [2.24, 2.45) is 0 Å². The summed E-state index contributed by atoms with van der Waals surface area (Å²) in [5, 5.41) is 13.9. The van der Waals surface area contributed by atoms with Gasteiger partial charge in [0.05, 0.1) is 22.0 Å². The van der Waals surface area contributed by atoms with Crippen molar-refractivity contribution in [2.45, 2.75) is 50.7 Å². The Labute approximate surface area is 219 Å². The van der Waals surface area contributed by atoms with Crippen molar-refractivity contribution >= 4 is 46.6 Å². The molecule has 8 nitrogen and oxygen atoms in total. The Bertz CT molecular complexity index is 1190. The molecule has 3 heterocycles. The van der Waals surface area contributed by atoms with E-state index in [1.165, 1.54) is 7.05 Å². The summed E-state index contributed by atoms with van der Waals surface area (Å²) < 4.78 is 0. The van der Waals surface area contributed by atoms with E-state index in [0.717, 1.165) is 54.4 Å². The van der Waals surface area contributed by atoms with E-state index in [4.69, 9.17) is 4.98 Å². The normalized spacial score (nSPS) is 18.9. The lowest BCUT2D eigenvalue weighted by Crippen LogP contribution is -2.38. The summed E-state index contributed by atoms with van der Waals surface area (Å²) in [6.45, 7) is 2.17. The number of aromatic nitrogens is 3. The maximum Gasteiger partial charge on any atom is 0.257 e. The molecule has 3 aromatic rings. The van der Waals surface area contributed by atoms with E-state index in [9.17, 15) is 9.59 Å². The van der Waals surface area contributed by atoms with E-state index in [0.29, 0.717) is 23.3 Å². The molecular weight excluding hydrogens is 492 g/mol. The van der Waals surface area contributed by atoms with Gasteiger partial charge in [0.25, 0.3) is 5.91 Å². The number of thiophene rings is 1. The van der Waals surface area contributed by atoms with Gasteiger partial charge in [0.2, 0.25) is 5.95 Å². The van der Waals surface area contributed by atoms with Crippen LogP contribution < -0.4 is 16.0 Å². The Morgan fingerprint density at radius 3 is 2.67 bits per heavy atom. The first kappa shape index (κ1) is 26.0. The Hall–Kier alpha value is -3.08. The first-order valence-electron chi connectivity index (χ1n) is 11.9. The van der Waals surface area contributed by atoms with Gasteiger partial charge in [-0.1, -0.05) is 6.07 Å². The van der Waals surface area contributed by atoms with Gasteiger partial charge in [-0.3, -0.25) is 14.6 Å². The fourth-order valence-corrected chi connectivity index (χ4v) is 5.43. The largest absolute Gasteiger partial charge is 0.355 e. The molecule has 3 aromatic heterocycles. The van der Waals surface area contributed by atoms with Gasteiger partial charge in [0, 0.05) is 42.3 Å². The summed E-state index contributed by atoms with van der Waals surface area (Å²) in [5.41, 5.74) is 4.43. The zero-order chi connectivity index (χ0) is 25.3. The number of carbonyl (C=O) groups is 2. The number of hydrogen-bond acceptors (Lipinski definition) is 9. The van der Waals surface area contributed by atoms with E-state index in [2.05, 4.69) is 67.9 Å². The molecule has 0 aromatic carbocycles. The van der Waals surface area contributed by atoms with Crippen molar-refractivity contribution in [3.8, 4) is 11.3 Å². The number of nitrogens with zero attached hydrogens (tertiary/aromatic N) is 3. The minimum Gasteiger partial charge on any atom is -0.355 e. The quantitative estimate of drug-likeness (QED) is 0.260. The SMILES string of the molecule is CNC(=O)/C(=C/c1ccnc(NC2CCC(NC(C)c3cccc(-c4ccsc4)n3)CC2)n1)SC=O. The fraction of sp³-hybridized carbons (Fsp3) is 0.346. The van der Waals surface area contributed by atoms with E-state index < -0.39 is 0 Å². The molecule has 1 saturated carbocycles. The summed E-state index contributed by atoms with van der Waals surface area (Å²) in [4.78, 5) is 36.8. The van der Waals surface area contributed by atoms with Crippen LogP contribution in [0.3, 0.4) is 0 Å². The highest BCUT2D eigenvalue weighted by Gasteiger charge is 2.23. The summed E-state index contributed by atoms with van der Waals surface area (Å²) in [7, 11) is 1.53. The van der Waals surface area contributed by atoms with Gasteiger partial charge in [-0.2, -0.15) is 11.3 Å². The van der Waals surface area contributed by atoms with Crippen molar-refractivity contribution in [3.63, 3.8) is 0 Å². The molecule has 0 spiro atoms. The Kier molecular flexibility index (Phi) is 9.21. The maximum absolute atomic E-state index is 11.9. The second kappa shape index (κ2) is 12.8. The van der Waals surface area contributed by atoms with Gasteiger partial charge >= 0.3 is 0 Å². The molecule has 1 unspecified atom stereocenters. The highest BCUT2D eigenvalue weighted by atomic mass is 32.2. The van der Waals surface area contributed by atoms with Crippen LogP contribution in [0.5, 0.6) is 0 Å². The molecule has 3 N–H and O–H groups in total. The molecule has 1 aliphatic carbocycles. The third-order valence-corrected chi connectivity index (χ3v) is 7.50. The highest BCUT2D eigenvalue weighted by Crippen LogP contribution is 2.26. The van der Waals surface area contributed by atoms with Crippen molar-refractivity contribution in [2.75, 3.05) is 12.4 Å². The van der Waals surface area contributed by atoms with Crippen molar-refractivity contribution in [1.29, 1.82) is 0 Å². The molecule has 10 heteroatoms. The van der Waals surface area contributed by atoms with Crippen LogP contribution in [-0.4, -0.2) is 45.6 Å². The lowest BCUT2D eigenvalue weighted by molar-refractivity contribution is -0.116. The van der Waals surface area contributed by atoms with Crippen LogP contribution in [0, 0.1) is 0 Å². The number of likely N-dealkylation sites (N-methyl/N-ethyl adjacent to an activating group) is 1. The topological polar surface area (TPSA) is 109 Å². The number of hydrogen-bond donors (Lipinski definition) is 3. The lowest BCUT2D eigenvalue weighted by atomic mass is 9.90. The van der Waals surface area contributed by atoms with E-state index >= 15 is 0 Å². The van der Waals surface area contributed by atoms with E-state index in [1.807, 2.05) is 0 Å². The first-order chi connectivity index (χ1) is 17.6. The van der Waals surface area contributed by atoms with E-state index in [-0.39, 0.29) is 22.9 Å². The average molecular weight is 523 g/mol. The van der Waals surface area contributed by atoms with Crippen LogP contribution in [0.2, 0.25) is 0 Å². The Morgan fingerprint density at radius 2 is 1.94 bits per heavy atom. The molecule has 0 bridgehead atoms. The molecule has 0 aliphatic heterocycles. The summed E-state index contributed by atoms with van der Waals surface area (Å²) in [6.07, 6.45) is 7.33. The predicted octanol–water partition coefficient (Wildman–Crippen LogP) is 4.68. The van der Waals surface area contributed by atoms with Crippen molar-refractivity contribution in [1.82, 2.24) is 25.6 Å². The first-order valence-corrected chi connectivity index (χ1v) is 13.8. The molecule has 36 heavy (non-hydrogen) atoms. The number of rotatable bonds is 10. The minimum atomic E-state index is -0.325. The molecule has 0 saturated heterocycles. The molecule has 188 valence electrons. The van der Waals surface area contributed by atoms with Gasteiger partial charge in [-0.05, 0) is 80.1 Å². The van der Waals surface area contributed by atoms with Crippen LogP contribution in [-0.2, 0) is 9.59 Å². The second-order valence-corrected chi connectivity index (χ2v) is 10.3. The van der Waals surface area contributed by atoms with E-state index in [1.54, 1.807) is 29.7 Å². The Morgan fingerprint density at radius 1 is 1.14 bits per heavy atom. The average Bonchev–Trinajstić information content (AvgIpc) is 3.45. The van der Waals surface area contributed by atoms with Crippen LogP contribution in [0.25, 0.3) is 17.3 Å². The zero-order valence-electron chi connectivity index (χ0n) is 20.3. The molecule has 4 rings (SSSR count). The molecular formula is C26H30N6O2S2. The summed E-state index contributed by atoms with van der Waals surface area (Å²) >= 11 is 2.51. The number of amides is 1. The third kappa shape index (κ3) is 6.99. The van der Waals surface area contributed by atoms with Crippen LogP contribution in [0.15, 0.2) is 52.2 Å². The number of nitrogens with one attached hydrogen (secondary N) is 3. The molecule has 1 amide bonds. The number of thioether (sulfide) groups is 1. The minimum absolute atomic E-state index is 0.170. The van der Waals surface area contributed by atoms with Gasteiger partial charge in [0.1, 0.15) is 0 Å². The molecule has 1 atom stereocenters. The van der Waals surface area contributed by atoms with Crippen LogP contribution in [0.4, 0.5) is 5.95 Å². The monoisotopic (exact) mass is 522 g/mol. The van der Waals surface area contributed by atoms with Crippen LogP contribution >= 0.6 is 23.1 Å². The van der Waals surface area contributed by atoms with Crippen molar-refractivity contribution < 1.29 is 9.59 Å². The van der Waals surface area contributed by atoms with Crippen LogP contribution in [0.1, 0.15) is 50.0 Å². The van der Waals surface area contributed by atoms with Crippen molar-refractivity contribution in [3.05, 3.63) is 63.6 Å². The predicted molar refractivity (Wildman–Crippen MR) is 147 cm³/mol. The van der Waals surface area contributed by atoms with Gasteiger partial charge in [-0.15, -0.1) is 0 Å². The van der Waals surface area contributed by atoms with Gasteiger partial charge in [-0.25, -0.2) is 9.97 Å².